The number of pyridine rings is 1. The van der Waals surface area contributed by atoms with Crippen LogP contribution >= 0.6 is 0 Å². The molecule has 3 aromatic rings. The van der Waals surface area contributed by atoms with E-state index < -0.39 is 0 Å². The predicted molar refractivity (Wildman–Crippen MR) is 130 cm³/mol. The number of nitrogens with zero attached hydrogens (tertiary/aromatic N) is 2. The number of nitrogens with one attached hydrogen (secondary N) is 3. The van der Waals surface area contributed by atoms with Gasteiger partial charge in [0.2, 0.25) is 0 Å². The minimum atomic E-state index is 0.367. The zero-order chi connectivity index (χ0) is 22.5. The Balaban J connectivity index is 0.000000153. The number of allylic oxidation sites excluding steroid dienone is 1. The van der Waals surface area contributed by atoms with Crippen LogP contribution in [0, 0.1) is 19.8 Å². The molecule has 0 fully saturated rings. The van der Waals surface area contributed by atoms with Gasteiger partial charge in [0.15, 0.2) is 0 Å². The van der Waals surface area contributed by atoms with Crippen LogP contribution in [0.1, 0.15) is 52.9 Å². The van der Waals surface area contributed by atoms with Crippen LogP contribution in [0.3, 0.4) is 0 Å². The SMILES string of the molecule is C=C1NC=C([C@H](C)c2cccc(C)c2C)N1.c1cnc2c(c1)CC[C@@H](Cc1cnc[nH]1)C2. The summed E-state index contributed by atoms with van der Waals surface area (Å²) >= 11 is 0. The zero-order valence-electron chi connectivity index (χ0n) is 19.3. The first-order valence-electron chi connectivity index (χ1n) is 11.4. The molecule has 3 N–H and O–H groups in total. The van der Waals surface area contributed by atoms with Crippen LogP contribution < -0.4 is 10.6 Å². The van der Waals surface area contributed by atoms with E-state index in [-0.39, 0.29) is 0 Å². The summed E-state index contributed by atoms with van der Waals surface area (Å²) in [6.45, 7) is 10.4. The fourth-order valence-electron chi connectivity index (χ4n) is 4.55. The van der Waals surface area contributed by atoms with Crippen molar-refractivity contribution in [3.63, 3.8) is 0 Å². The van der Waals surface area contributed by atoms with Crippen molar-refractivity contribution in [3.05, 3.63) is 107 Å². The minimum Gasteiger partial charge on any atom is -0.348 e. The molecule has 3 heterocycles. The van der Waals surface area contributed by atoms with Gasteiger partial charge >= 0.3 is 0 Å². The number of aromatic amines is 1. The van der Waals surface area contributed by atoms with Crippen molar-refractivity contribution in [2.24, 2.45) is 5.92 Å². The first-order chi connectivity index (χ1) is 15.5. The number of hydrogen-bond acceptors (Lipinski definition) is 4. The van der Waals surface area contributed by atoms with E-state index in [1.165, 1.54) is 52.2 Å². The molecule has 2 aliphatic rings. The first-order valence-corrected chi connectivity index (χ1v) is 11.4. The Morgan fingerprint density at radius 2 is 2.06 bits per heavy atom. The number of imidazole rings is 1. The third-order valence-electron chi connectivity index (χ3n) is 6.63. The Hall–Kier alpha value is -3.34. The van der Waals surface area contributed by atoms with Crippen LogP contribution in [0.5, 0.6) is 0 Å². The van der Waals surface area contributed by atoms with Gasteiger partial charge in [-0.3, -0.25) is 4.98 Å². The second-order valence-corrected chi connectivity index (χ2v) is 8.86. The van der Waals surface area contributed by atoms with E-state index in [0.717, 1.165) is 18.7 Å². The highest BCUT2D eigenvalue weighted by Gasteiger charge is 2.20. The zero-order valence-corrected chi connectivity index (χ0v) is 19.3. The molecule has 5 rings (SSSR count). The van der Waals surface area contributed by atoms with Crippen molar-refractivity contribution in [3.8, 4) is 0 Å². The maximum Gasteiger partial charge on any atom is 0.0995 e. The molecule has 1 aliphatic carbocycles. The summed E-state index contributed by atoms with van der Waals surface area (Å²) in [6.07, 6.45) is 12.2. The van der Waals surface area contributed by atoms with Crippen molar-refractivity contribution in [1.82, 2.24) is 25.6 Å². The van der Waals surface area contributed by atoms with Gasteiger partial charge in [-0.05, 0) is 73.8 Å². The lowest BCUT2D eigenvalue weighted by Crippen LogP contribution is -2.17. The molecule has 0 amide bonds. The average molecular weight is 428 g/mol. The molecule has 2 aromatic heterocycles. The smallest absolute Gasteiger partial charge is 0.0995 e. The molecule has 2 atom stereocenters. The third-order valence-corrected chi connectivity index (χ3v) is 6.63. The van der Waals surface area contributed by atoms with E-state index in [0.29, 0.717) is 11.8 Å². The number of aromatic nitrogens is 3. The molecule has 166 valence electrons. The van der Waals surface area contributed by atoms with Crippen molar-refractivity contribution in [2.45, 2.75) is 52.4 Å². The average Bonchev–Trinajstić information content (AvgIpc) is 3.47. The van der Waals surface area contributed by atoms with Crippen LogP contribution in [0.4, 0.5) is 0 Å². The number of benzene rings is 1. The molecule has 1 aromatic carbocycles. The molecule has 0 unspecified atom stereocenters. The van der Waals surface area contributed by atoms with Crippen molar-refractivity contribution in [1.29, 1.82) is 0 Å². The topological polar surface area (TPSA) is 65.6 Å². The van der Waals surface area contributed by atoms with Crippen molar-refractivity contribution < 1.29 is 0 Å². The molecule has 0 spiro atoms. The predicted octanol–water partition coefficient (Wildman–Crippen LogP) is 5.06. The summed E-state index contributed by atoms with van der Waals surface area (Å²) in [5, 5.41) is 6.34. The van der Waals surface area contributed by atoms with Gasteiger partial charge in [-0.2, -0.15) is 0 Å². The minimum absolute atomic E-state index is 0.367. The van der Waals surface area contributed by atoms with Gasteiger partial charge in [0.05, 0.1) is 12.1 Å². The molecule has 0 radical (unpaired) electrons. The van der Waals surface area contributed by atoms with Gasteiger partial charge in [-0.25, -0.2) is 4.98 Å². The number of rotatable bonds is 4. The summed E-state index contributed by atoms with van der Waals surface area (Å²) in [7, 11) is 0. The van der Waals surface area contributed by atoms with Crippen LogP contribution in [-0.4, -0.2) is 15.0 Å². The Bertz CT molecular complexity index is 1100. The number of fused-ring (bicyclic) bond motifs is 1. The van der Waals surface area contributed by atoms with Crippen LogP contribution in [0.25, 0.3) is 0 Å². The van der Waals surface area contributed by atoms with Gasteiger partial charge in [0.1, 0.15) is 0 Å². The fourth-order valence-corrected chi connectivity index (χ4v) is 4.55. The largest absolute Gasteiger partial charge is 0.348 e. The first kappa shape index (κ1) is 21.9. The molecule has 1 aliphatic heterocycles. The number of aryl methyl sites for hydroxylation is 2. The number of H-pyrrole nitrogens is 1. The quantitative estimate of drug-likeness (QED) is 0.544. The lowest BCUT2D eigenvalue weighted by Gasteiger charge is -2.22. The second-order valence-electron chi connectivity index (χ2n) is 8.86. The van der Waals surface area contributed by atoms with Crippen molar-refractivity contribution in [2.75, 3.05) is 0 Å². The lowest BCUT2D eigenvalue weighted by molar-refractivity contribution is 0.445. The Morgan fingerprint density at radius 3 is 2.81 bits per heavy atom. The second kappa shape index (κ2) is 9.86. The summed E-state index contributed by atoms with van der Waals surface area (Å²) in [5.41, 5.74) is 9.23. The van der Waals surface area contributed by atoms with Gasteiger partial charge in [-0.1, -0.05) is 37.8 Å². The highest BCUT2D eigenvalue weighted by molar-refractivity contribution is 5.40. The van der Waals surface area contributed by atoms with E-state index in [4.69, 9.17) is 0 Å². The summed E-state index contributed by atoms with van der Waals surface area (Å²) in [6, 6.07) is 10.7. The summed E-state index contributed by atoms with van der Waals surface area (Å²) < 4.78 is 0. The van der Waals surface area contributed by atoms with Gasteiger partial charge in [0.25, 0.3) is 0 Å². The molecule has 5 heteroatoms. The van der Waals surface area contributed by atoms with Crippen LogP contribution in [0.2, 0.25) is 0 Å². The molecular weight excluding hydrogens is 394 g/mol. The number of hydrogen-bond donors (Lipinski definition) is 3. The third kappa shape index (κ3) is 5.10. The van der Waals surface area contributed by atoms with E-state index >= 15 is 0 Å². The van der Waals surface area contributed by atoms with E-state index in [2.05, 4.69) is 77.2 Å². The Kier molecular flexibility index (Phi) is 6.74. The molecule has 32 heavy (non-hydrogen) atoms. The van der Waals surface area contributed by atoms with Crippen molar-refractivity contribution >= 4 is 0 Å². The maximum absolute atomic E-state index is 4.47. The van der Waals surface area contributed by atoms with Crippen LogP contribution in [0.15, 0.2) is 73.3 Å². The Labute approximate surface area is 191 Å². The van der Waals surface area contributed by atoms with E-state index in [1.54, 1.807) is 6.33 Å². The van der Waals surface area contributed by atoms with E-state index in [1.807, 2.05) is 24.7 Å². The van der Waals surface area contributed by atoms with Crippen LogP contribution in [-0.2, 0) is 19.3 Å². The molecular formula is C27H33N5. The summed E-state index contributed by atoms with van der Waals surface area (Å²) in [4.78, 5) is 11.7. The van der Waals surface area contributed by atoms with Gasteiger partial charge < -0.3 is 15.6 Å². The highest BCUT2D eigenvalue weighted by Crippen LogP contribution is 2.28. The normalized spacial score (nSPS) is 17.9. The van der Waals surface area contributed by atoms with Gasteiger partial charge in [-0.15, -0.1) is 0 Å². The monoisotopic (exact) mass is 427 g/mol. The lowest BCUT2D eigenvalue weighted by atomic mass is 9.84. The van der Waals surface area contributed by atoms with E-state index in [9.17, 15) is 0 Å². The molecule has 0 saturated carbocycles. The molecule has 0 bridgehead atoms. The fraction of sp³-hybridized carbons (Fsp3) is 0.333. The molecule has 5 nitrogen and oxygen atoms in total. The highest BCUT2D eigenvalue weighted by atomic mass is 15.1. The Morgan fingerprint density at radius 1 is 1.19 bits per heavy atom. The summed E-state index contributed by atoms with van der Waals surface area (Å²) in [5.74, 6) is 1.93. The van der Waals surface area contributed by atoms with Gasteiger partial charge in [0, 0.05) is 41.6 Å². The standard InChI is InChI=1S/C14H18N2.C13H15N3/c1-9-6-5-7-13(10(9)2)11(3)14-8-15-12(4)16-14;1-2-11-4-3-10(7-13(11)15-5-1)6-12-8-14-9-16-12/h5-8,11,15-16H,4H2,1-3H3;1-2,5,8-10H,3-4,6-7H2,(H,14,16)/t11-;10-/m10/s1. The maximum atomic E-state index is 4.47. The molecule has 0 saturated heterocycles.